The highest BCUT2D eigenvalue weighted by molar-refractivity contribution is 8.13. The second-order valence-electron chi connectivity index (χ2n) is 16.6. The van der Waals surface area contributed by atoms with Crippen LogP contribution in [0, 0.1) is 0 Å². The zero-order valence-corrected chi connectivity index (χ0v) is 36.8. The first-order valence-electron chi connectivity index (χ1n) is 21.5. The van der Waals surface area contributed by atoms with Crippen molar-refractivity contribution in [1.82, 2.24) is 0 Å². The molecule has 12 rings (SSSR count). The van der Waals surface area contributed by atoms with E-state index in [2.05, 4.69) is 225 Å². The summed E-state index contributed by atoms with van der Waals surface area (Å²) in [6.07, 6.45) is 4.44. The van der Waals surface area contributed by atoms with Crippen molar-refractivity contribution in [2.24, 2.45) is 0 Å². The average molecular weight is 839 g/mol. The summed E-state index contributed by atoms with van der Waals surface area (Å²) in [6.45, 7) is 0. The number of benzene rings is 12. The highest BCUT2D eigenvalue weighted by Crippen LogP contribution is 2.51. The van der Waals surface area contributed by atoms with Crippen LogP contribution < -0.4 is 0 Å². The van der Waals surface area contributed by atoms with Gasteiger partial charge in [0.15, 0.2) is 0 Å². The summed E-state index contributed by atoms with van der Waals surface area (Å²) >= 11 is 1.82. The first kappa shape index (κ1) is 37.8. The van der Waals surface area contributed by atoms with E-state index in [0.717, 1.165) is 0 Å². The summed E-state index contributed by atoms with van der Waals surface area (Å²) in [4.78, 5) is 2.58. The third-order valence-corrected chi connectivity index (χ3v) is 15.0. The van der Waals surface area contributed by atoms with Crippen LogP contribution in [-0.2, 0) is 0 Å². The van der Waals surface area contributed by atoms with Gasteiger partial charge in [-0.3, -0.25) is 0 Å². The van der Waals surface area contributed by atoms with E-state index in [1.165, 1.54) is 130 Å². The molecule has 0 saturated carbocycles. The van der Waals surface area contributed by atoms with Crippen molar-refractivity contribution in [3.05, 3.63) is 206 Å². The maximum atomic E-state index is 4.60. The Morgan fingerprint density at radius 2 is 0.603 bits per heavy atom. The largest absolute Gasteiger partial charge is 0.165 e. The Kier molecular flexibility index (Phi) is 9.07. The van der Waals surface area contributed by atoms with Gasteiger partial charge in [0.05, 0.1) is 0 Å². The zero-order chi connectivity index (χ0) is 42.2. The molecular weight excluding hydrogens is 797 g/mol. The number of hydrogen-bond donors (Lipinski definition) is 0. The van der Waals surface area contributed by atoms with Crippen molar-refractivity contribution < 1.29 is 0 Å². The third kappa shape index (κ3) is 5.97. The van der Waals surface area contributed by atoms with Gasteiger partial charge in [0.25, 0.3) is 0 Å². The lowest BCUT2D eigenvalue weighted by atomic mass is 9.81. The molecule has 63 heavy (non-hydrogen) atoms. The van der Waals surface area contributed by atoms with Crippen LogP contribution in [0.4, 0.5) is 0 Å². The molecule has 0 nitrogen and oxygen atoms in total. The van der Waals surface area contributed by atoms with E-state index < -0.39 is 0 Å². The Hall–Kier alpha value is -6.97. The van der Waals surface area contributed by atoms with E-state index in [1.54, 1.807) is 0 Å². The lowest BCUT2D eigenvalue weighted by Crippen LogP contribution is -1.95. The highest BCUT2D eigenvalue weighted by atomic mass is 32.2. The second-order valence-corrected chi connectivity index (χ2v) is 19.2. The molecule has 0 bridgehead atoms. The maximum absolute atomic E-state index is 4.60. The highest BCUT2D eigenvalue weighted by Gasteiger charge is 2.23. The minimum absolute atomic E-state index is 0.206. The molecule has 1 unspecified atom stereocenters. The number of thioether (sulfide) groups is 1. The van der Waals surface area contributed by atoms with Crippen molar-refractivity contribution >= 4 is 104 Å². The SMILES string of the molecule is C=S(C)c1cc2ccccc2cc1-c1c2ccccc2c(-c2ccc(-c3c4ccccc4c(-c4cc5ccccc5cc4SC)c4ccccc34)c3ccccc23)c2ccccc12. The molecule has 0 aromatic heterocycles. The molecule has 0 N–H and O–H groups in total. The standard InChI is InChI=1S/C61H42S2/c1-62-56-36-40-20-6-4-18-38(40)34-54(56)60-48-28-14-10-24-44(48)58(45-25-11-15-29-49(45)60)52-32-33-53(43-23-9-8-22-42(43)52)59-46-26-12-16-30-50(46)61(51-31-17-13-27-47(51)59)55-35-39-19-5-7-21-41(39)37-57(55)63(2)3/h4-37H,2H2,1,3H3. The lowest BCUT2D eigenvalue weighted by Gasteiger charge is -2.22. The minimum Gasteiger partial charge on any atom is -0.165 e. The predicted octanol–water partition coefficient (Wildman–Crippen LogP) is 17.8. The van der Waals surface area contributed by atoms with Gasteiger partial charge in [-0.05, 0) is 157 Å². The molecule has 0 heterocycles. The molecule has 0 aliphatic rings. The van der Waals surface area contributed by atoms with E-state index in [4.69, 9.17) is 0 Å². The first-order valence-corrected chi connectivity index (χ1v) is 24.6. The topological polar surface area (TPSA) is 0 Å². The summed E-state index contributed by atoms with van der Waals surface area (Å²) in [5.74, 6) is 4.60. The molecule has 298 valence electrons. The summed E-state index contributed by atoms with van der Waals surface area (Å²) < 4.78 is 0. The molecule has 12 aromatic carbocycles. The zero-order valence-electron chi connectivity index (χ0n) is 35.2. The fourth-order valence-corrected chi connectivity index (χ4v) is 11.9. The molecule has 0 spiro atoms. The second kappa shape index (κ2) is 15.1. The first-order chi connectivity index (χ1) is 31.1. The molecule has 0 amide bonds. The van der Waals surface area contributed by atoms with Gasteiger partial charge in [0.1, 0.15) is 0 Å². The van der Waals surface area contributed by atoms with E-state index in [-0.39, 0.29) is 10.5 Å². The van der Waals surface area contributed by atoms with Crippen molar-refractivity contribution in [2.45, 2.75) is 9.79 Å². The molecular formula is C61H42S2. The van der Waals surface area contributed by atoms with Crippen molar-refractivity contribution in [3.8, 4) is 44.5 Å². The predicted molar refractivity (Wildman–Crippen MR) is 281 cm³/mol. The van der Waals surface area contributed by atoms with Gasteiger partial charge >= 0.3 is 0 Å². The van der Waals surface area contributed by atoms with Crippen LogP contribution >= 0.6 is 22.2 Å². The van der Waals surface area contributed by atoms with Crippen LogP contribution in [0.2, 0.25) is 0 Å². The molecule has 0 fully saturated rings. The van der Waals surface area contributed by atoms with Crippen molar-refractivity contribution in [3.63, 3.8) is 0 Å². The van der Waals surface area contributed by atoms with Gasteiger partial charge in [-0.15, -0.1) is 11.8 Å². The monoisotopic (exact) mass is 838 g/mol. The van der Waals surface area contributed by atoms with Gasteiger partial charge in [-0.2, -0.15) is 10.5 Å². The van der Waals surface area contributed by atoms with Gasteiger partial charge < -0.3 is 0 Å². The number of hydrogen-bond acceptors (Lipinski definition) is 1. The fourth-order valence-electron chi connectivity index (χ4n) is 10.4. The van der Waals surface area contributed by atoms with Crippen LogP contribution in [0.15, 0.2) is 216 Å². The molecule has 2 heteroatoms. The third-order valence-electron chi connectivity index (χ3n) is 13.2. The Morgan fingerprint density at radius 3 is 0.968 bits per heavy atom. The minimum atomic E-state index is -0.206. The molecule has 0 aliphatic heterocycles. The fraction of sp³-hybridized carbons (Fsp3) is 0.0328. The van der Waals surface area contributed by atoms with Crippen LogP contribution in [0.25, 0.3) is 120 Å². The van der Waals surface area contributed by atoms with Crippen molar-refractivity contribution in [1.29, 1.82) is 0 Å². The van der Waals surface area contributed by atoms with Crippen LogP contribution in [0.5, 0.6) is 0 Å². The van der Waals surface area contributed by atoms with Gasteiger partial charge in [-0.1, -0.05) is 188 Å². The Balaban J connectivity index is 1.15. The molecule has 12 aromatic rings. The van der Waals surface area contributed by atoms with E-state index in [9.17, 15) is 0 Å². The maximum Gasteiger partial charge on any atom is 0.0154 e. The van der Waals surface area contributed by atoms with Gasteiger partial charge in [0.2, 0.25) is 0 Å². The molecule has 1 atom stereocenters. The summed E-state index contributed by atoms with van der Waals surface area (Å²) in [7, 11) is -0.206. The Labute approximate surface area is 374 Å². The van der Waals surface area contributed by atoms with E-state index >= 15 is 0 Å². The van der Waals surface area contributed by atoms with Crippen LogP contribution in [0.1, 0.15) is 0 Å². The van der Waals surface area contributed by atoms with E-state index in [0.29, 0.717) is 0 Å². The number of fused-ring (bicyclic) bond motifs is 7. The Bertz CT molecular complexity index is 3760. The van der Waals surface area contributed by atoms with Crippen molar-refractivity contribution in [2.75, 3.05) is 12.5 Å². The Morgan fingerprint density at radius 1 is 0.317 bits per heavy atom. The molecule has 0 saturated heterocycles. The van der Waals surface area contributed by atoms with Crippen LogP contribution in [0.3, 0.4) is 0 Å². The molecule has 0 aliphatic carbocycles. The van der Waals surface area contributed by atoms with E-state index in [1.807, 2.05) is 11.8 Å². The normalized spacial score (nSPS) is 12.3. The lowest BCUT2D eigenvalue weighted by molar-refractivity contribution is 1.50. The van der Waals surface area contributed by atoms with Gasteiger partial charge in [0, 0.05) is 9.79 Å². The smallest absolute Gasteiger partial charge is 0.0154 e. The molecule has 0 radical (unpaired) electrons. The van der Waals surface area contributed by atoms with Gasteiger partial charge in [-0.25, -0.2) is 0 Å². The van der Waals surface area contributed by atoms with Crippen LogP contribution in [-0.4, -0.2) is 18.4 Å². The number of rotatable bonds is 6. The summed E-state index contributed by atoms with van der Waals surface area (Å²) in [5.41, 5.74) is 10.2. The quantitative estimate of drug-likeness (QED) is 0.0913. The summed E-state index contributed by atoms with van der Waals surface area (Å²) in [6, 6.07) is 77.1. The average Bonchev–Trinajstić information content (AvgIpc) is 3.34. The summed E-state index contributed by atoms with van der Waals surface area (Å²) in [5, 5.41) is 17.6.